The summed E-state index contributed by atoms with van der Waals surface area (Å²) < 4.78 is 31.7. The van der Waals surface area contributed by atoms with Crippen molar-refractivity contribution in [2.75, 3.05) is 6.54 Å². The third-order valence-corrected chi connectivity index (χ3v) is 7.16. The summed E-state index contributed by atoms with van der Waals surface area (Å²) >= 11 is 1.33. The molecule has 2 aliphatic rings. The van der Waals surface area contributed by atoms with E-state index in [4.69, 9.17) is 9.90 Å². The number of pyridine rings is 1. The maximum absolute atomic E-state index is 13.5. The molecule has 0 unspecified atom stereocenters. The van der Waals surface area contributed by atoms with E-state index in [-0.39, 0.29) is 23.8 Å². The summed E-state index contributed by atoms with van der Waals surface area (Å²) in [5.41, 5.74) is 0.860. The van der Waals surface area contributed by atoms with Crippen molar-refractivity contribution < 1.29 is 37.5 Å². The molecule has 4 rings (SSSR count). The molecule has 0 bridgehead atoms. The molecule has 13 heteroatoms. The zero-order valence-electron chi connectivity index (χ0n) is 20.4. The second kappa shape index (κ2) is 13.4. The van der Waals surface area contributed by atoms with Crippen molar-refractivity contribution in [3.05, 3.63) is 52.5 Å². The third-order valence-electron chi connectivity index (χ3n) is 6.29. The molecular formula is C25H29F3N4O5S. The Morgan fingerprint density at radius 2 is 1.82 bits per heavy atom. The minimum absolute atomic E-state index is 0.0672. The summed E-state index contributed by atoms with van der Waals surface area (Å²) in [5.74, 6) is -3.31. The number of hydrogen-bond acceptors (Lipinski definition) is 6. The molecule has 1 aliphatic carbocycles. The van der Waals surface area contributed by atoms with Crippen LogP contribution in [0.5, 0.6) is 0 Å². The van der Waals surface area contributed by atoms with Gasteiger partial charge in [0.15, 0.2) is 0 Å². The normalized spacial score (nSPS) is 18.3. The molecule has 2 fully saturated rings. The number of halogens is 3. The Kier molecular flexibility index (Phi) is 10.2. The first-order chi connectivity index (χ1) is 18.1. The SMILES string of the molecule is O=C(N[C@@H](Cc1cccnc1)C(=O)N1CCC[C@H]1C(=O)NC1CCCC1)c1cccs1.O=C(O)C(F)(F)F. The number of amides is 3. The molecule has 0 aromatic carbocycles. The summed E-state index contributed by atoms with van der Waals surface area (Å²) in [6.07, 6.45) is 4.35. The van der Waals surface area contributed by atoms with E-state index in [1.165, 1.54) is 11.3 Å². The van der Waals surface area contributed by atoms with Crippen molar-refractivity contribution in [3.8, 4) is 0 Å². The number of carbonyl (C=O) groups is 4. The van der Waals surface area contributed by atoms with Crippen LogP contribution in [0.25, 0.3) is 0 Å². The number of thiophene rings is 1. The summed E-state index contributed by atoms with van der Waals surface area (Å²) in [7, 11) is 0. The van der Waals surface area contributed by atoms with Gasteiger partial charge < -0.3 is 20.6 Å². The van der Waals surface area contributed by atoms with Crippen molar-refractivity contribution in [3.63, 3.8) is 0 Å². The number of alkyl halides is 3. The van der Waals surface area contributed by atoms with Gasteiger partial charge in [0.25, 0.3) is 5.91 Å². The largest absolute Gasteiger partial charge is 0.490 e. The highest BCUT2D eigenvalue weighted by molar-refractivity contribution is 7.12. The molecule has 1 aliphatic heterocycles. The molecule has 1 saturated carbocycles. The minimum atomic E-state index is -5.08. The van der Waals surface area contributed by atoms with Crippen molar-refractivity contribution in [1.82, 2.24) is 20.5 Å². The van der Waals surface area contributed by atoms with Crippen molar-refractivity contribution in [2.24, 2.45) is 0 Å². The lowest BCUT2D eigenvalue weighted by Gasteiger charge is -2.29. The lowest BCUT2D eigenvalue weighted by atomic mass is 10.1. The average Bonchev–Trinajstić information content (AvgIpc) is 3.66. The molecule has 206 valence electrons. The number of rotatable bonds is 7. The number of carboxylic acid groups (broad SMARTS) is 1. The highest BCUT2D eigenvalue weighted by atomic mass is 32.1. The topological polar surface area (TPSA) is 129 Å². The summed E-state index contributed by atoms with van der Waals surface area (Å²) in [4.78, 5) is 54.4. The molecule has 0 radical (unpaired) electrons. The summed E-state index contributed by atoms with van der Waals surface area (Å²) in [6, 6.07) is 6.24. The van der Waals surface area contributed by atoms with Gasteiger partial charge in [0.05, 0.1) is 4.88 Å². The highest BCUT2D eigenvalue weighted by Gasteiger charge is 2.39. The van der Waals surface area contributed by atoms with E-state index in [9.17, 15) is 27.6 Å². The van der Waals surface area contributed by atoms with Gasteiger partial charge in [0.1, 0.15) is 12.1 Å². The van der Waals surface area contributed by atoms with Crippen LogP contribution in [0.15, 0.2) is 42.0 Å². The van der Waals surface area contributed by atoms with E-state index in [0.29, 0.717) is 24.3 Å². The van der Waals surface area contributed by atoms with E-state index >= 15 is 0 Å². The number of aliphatic carboxylic acids is 1. The van der Waals surface area contributed by atoms with Crippen LogP contribution in [0.2, 0.25) is 0 Å². The minimum Gasteiger partial charge on any atom is -0.475 e. The summed E-state index contributed by atoms with van der Waals surface area (Å²) in [5, 5.41) is 15.0. The van der Waals surface area contributed by atoms with Crippen LogP contribution >= 0.6 is 11.3 Å². The Bertz CT molecular complexity index is 1090. The number of carbonyl (C=O) groups excluding carboxylic acids is 3. The van der Waals surface area contributed by atoms with E-state index in [1.807, 2.05) is 17.5 Å². The predicted molar refractivity (Wildman–Crippen MR) is 132 cm³/mol. The number of nitrogens with zero attached hydrogens (tertiary/aromatic N) is 2. The quantitative estimate of drug-likeness (QED) is 0.482. The van der Waals surface area contributed by atoms with Gasteiger partial charge >= 0.3 is 12.1 Å². The molecule has 3 amide bonds. The Morgan fingerprint density at radius 3 is 2.39 bits per heavy atom. The van der Waals surface area contributed by atoms with Crippen LogP contribution in [-0.4, -0.2) is 69.5 Å². The van der Waals surface area contributed by atoms with Crippen molar-refractivity contribution >= 4 is 35.0 Å². The fourth-order valence-electron chi connectivity index (χ4n) is 4.46. The highest BCUT2D eigenvalue weighted by Crippen LogP contribution is 2.23. The monoisotopic (exact) mass is 554 g/mol. The number of nitrogens with one attached hydrogen (secondary N) is 2. The van der Waals surface area contributed by atoms with Crippen LogP contribution in [-0.2, 0) is 20.8 Å². The lowest BCUT2D eigenvalue weighted by molar-refractivity contribution is -0.192. The standard InChI is InChI=1S/C23H28N4O3S.C2HF3O2/c28-21(25-17-7-1-2-8-17)19-9-4-12-27(19)23(30)18(14-16-6-3-11-24-15-16)26-22(29)20-10-5-13-31-20;3-2(4,5)1(6)7/h3,5-6,10-11,13,15,17-19H,1-2,4,7-9,12,14H2,(H,25,28)(H,26,29);(H,6,7)/t18-,19-;/m0./s1. The second-order valence-corrected chi connectivity index (χ2v) is 10.00. The third kappa shape index (κ3) is 8.27. The molecule has 38 heavy (non-hydrogen) atoms. The zero-order valence-corrected chi connectivity index (χ0v) is 21.3. The van der Waals surface area contributed by atoms with Crippen LogP contribution < -0.4 is 10.6 Å². The van der Waals surface area contributed by atoms with Crippen LogP contribution in [0, 0.1) is 0 Å². The second-order valence-electron chi connectivity index (χ2n) is 9.05. The number of aromatic nitrogens is 1. The number of carboxylic acids is 1. The molecule has 0 spiro atoms. The smallest absolute Gasteiger partial charge is 0.475 e. The van der Waals surface area contributed by atoms with Gasteiger partial charge in [0, 0.05) is 31.4 Å². The Hall–Kier alpha value is -3.48. The number of hydrogen-bond donors (Lipinski definition) is 3. The maximum atomic E-state index is 13.5. The van der Waals surface area contributed by atoms with Gasteiger partial charge in [0.2, 0.25) is 11.8 Å². The molecule has 3 N–H and O–H groups in total. The van der Waals surface area contributed by atoms with E-state index in [1.54, 1.807) is 29.4 Å². The van der Waals surface area contributed by atoms with Gasteiger partial charge in [-0.2, -0.15) is 13.2 Å². The van der Waals surface area contributed by atoms with Gasteiger partial charge in [-0.25, -0.2) is 4.79 Å². The molecule has 2 atom stereocenters. The molecule has 2 aromatic rings. The van der Waals surface area contributed by atoms with E-state index < -0.39 is 24.2 Å². The van der Waals surface area contributed by atoms with Crippen LogP contribution in [0.3, 0.4) is 0 Å². The first-order valence-corrected chi connectivity index (χ1v) is 13.1. The van der Waals surface area contributed by atoms with Gasteiger partial charge in [-0.15, -0.1) is 11.3 Å². The van der Waals surface area contributed by atoms with Crippen molar-refractivity contribution in [2.45, 2.75) is 69.2 Å². The fraction of sp³-hybridized carbons (Fsp3) is 0.480. The summed E-state index contributed by atoms with van der Waals surface area (Å²) in [6.45, 7) is 0.528. The zero-order chi connectivity index (χ0) is 27.7. The molecule has 1 saturated heterocycles. The Balaban J connectivity index is 0.000000505. The molecule has 3 heterocycles. The Morgan fingerprint density at radius 1 is 1.11 bits per heavy atom. The first kappa shape index (κ1) is 29.1. The van der Waals surface area contributed by atoms with Crippen LogP contribution in [0.4, 0.5) is 13.2 Å². The van der Waals surface area contributed by atoms with Gasteiger partial charge in [-0.3, -0.25) is 19.4 Å². The molecule has 9 nitrogen and oxygen atoms in total. The number of likely N-dealkylation sites (tertiary alicyclic amines) is 1. The van der Waals surface area contributed by atoms with Gasteiger partial charge in [-0.05, 0) is 48.8 Å². The fourth-order valence-corrected chi connectivity index (χ4v) is 5.09. The van der Waals surface area contributed by atoms with E-state index in [0.717, 1.165) is 37.7 Å². The molecule has 2 aromatic heterocycles. The maximum Gasteiger partial charge on any atom is 0.490 e. The van der Waals surface area contributed by atoms with Gasteiger partial charge in [-0.1, -0.05) is 25.0 Å². The first-order valence-electron chi connectivity index (χ1n) is 12.2. The Labute approximate surface area is 221 Å². The average molecular weight is 555 g/mol. The van der Waals surface area contributed by atoms with E-state index in [2.05, 4.69) is 15.6 Å². The van der Waals surface area contributed by atoms with Crippen LogP contribution in [0.1, 0.15) is 53.8 Å². The lowest BCUT2D eigenvalue weighted by Crippen LogP contribution is -2.55. The predicted octanol–water partition coefficient (Wildman–Crippen LogP) is 3.17. The van der Waals surface area contributed by atoms with Crippen molar-refractivity contribution in [1.29, 1.82) is 0 Å². The molecular weight excluding hydrogens is 525 g/mol.